The van der Waals surface area contributed by atoms with Crippen LogP contribution in [0.15, 0.2) is 54.6 Å². The van der Waals surface area contributed by atoms with Crippen LogP contribution < -0.4 is 11.1 Å². The lowest BCUT2D eigenvalue weighted by atomic mass is 10.1. The molecule has 0 radical (unpaired) electrons. The highest BCUT2D eigenvalue weighted by atomic mass is 16.2. The Labute approximate surface area is 112 Å². The third-order valence-corrected chi connectivity index (χ3v) is 3.49. The molecule has 2 aromatic rings. The highest BCUT2D eigenvalue weighted by Crippen LogP contribution is 2.33. The second-order valence-corrected chi connectivity index (χ2v) is 5.05. The van der Waals surface area contributed by atoms with Crippen LogP contribution in [0.4, 0.5) is 5.69 Å². The number of nitrogens with two attached hydrogens (primary N) is 1. The largest absolute Gasteiger partial charge is 0.324 e. The summed E-state index contributed by atoms with van der Waals surface area (Å²) in [5.41, 5.74) is 8.31. The first kappa shape index (κ1) is 11.9. The van der Waals surface area contributed by atoms with E-state index in [0.717, 1.165) is 29.7 Å². The molecule has 0 heterocycles. The summed E-state index contributed by atoms with van der Waals surface area (Å²) in [5.74, 6) is -0.0834. The smallest absolute Gasteiger partial charge is 0.244 e. The first-order valence-corrected chi connectivity index (χ1v) is 6.43. The molecule has 2 aromatic carbocycles. The van der Waals surface area contributed by atoms with Gasteiger partial charge in [0.15, 0.2) is 0 Å². The molecular weight excluding hydrogens is 236 g/mol. The maximum Gasteiger partial charge on any atom is 0.244 e. The number of carbonyl (C=O) groups excluding carboxylic acids is 1. The molecule has 0 aromatic heterocycles. The molecular formula is C16H16N2O. The molecule has 1 aliphatic rings. The fourth-order valence-electron chi connectivity index (χ4n) is 1.99. The van der Waals surface area contributed by atoms with Crippen LogP contribution in [0.5, 0.6) is 0 Å². The number of nitrogens with one attached hydrogen (secondary N) is 1. The summed E-state index contributed by atoms with van der Waals surface area (Å²) in [4.78, 5) is 11.8. The van der Waals surface area contributed by atoms with Gasteiger partial charge in [0.25, 0.3) is 0 Å². The van der Waals surface area contributed by atoms with Gasteiger partial charge in [-0.2, -0.15) is 0 Å². The molecule has 3 nitrogen and oxygen atoms in total. The number of carbonyl (C=O) groups is 1. The first-order valence-electron chi connectivity index (χ1n) is 6.43. The number of hydrogen-bond acceptors (Lipinski definition) is 2. The summed E-state index contributed by atoms with van der Waals surface area (Å²) < 4.78 is 0. The Balaban J connectivity index is 1.74. The van der Waals surface area contributed by atoms with Crippen molar-refractivity contribution < 1.29 is 4.79 Å². The van der Waals surface area contributed by atoms with Crippen molar-refractivity contribution in [1.29, 1.82) is 0 Å². The van der Waals surface area contributed by atoms with E-state index in [2.05, 4.69) is 17.4 Å². The van der Waals surface area contributed by atoms with E-state index in [1.165, 1.54) is 0 Å². The Bertz CT molecular complexity index is 586. The van der Waals surface area contributed by atoms with Crippen LogP contribution in [-0.4, -0.2) is 11.4 Å². The first-order chi connectivity index (χ1) is 9.17. The molecule has 1 amide bonds. The van der Waals surface area contributed by atoms with E-state index in [4.69, 9.17) is 5.73 Å². The molecule has 0 atom stereocenters. The maximum absolute atomic E-state index is 11.8. The molecule has 0 saturated heterocycles. The molecule has 3 N–H and O–H groups in total. The molecule has 0 unspecified atom stereocenters. The quantitative estimate of drug-likeness (QED) is 0.882. The number of amides is 1. The van der Waals surface area contributed by atoms with Crippen molar-refractivity contribution in [2.24, 2.45) is 5.73 Å². The second kappa shape index (κ2) is 4.52. The molecule has 0 aliphatic heterocycles. The molecule has 0 spiro atoms. The van der Waals surface area contributed by atoms with E-state index < -0.39 is 5.54 Å². The molecule has 1 fully saturated rings. The molecule has 3 heteroatoms. The highest BCUT2D eigenvalue weighted by Gasteiger charge is 2.45. The third-order valence-electron chi connectivity index (χ3n) is 3.49. The number of anilines is 1. The lowest BCUT2D eigenvalue weighted by Crippen LogP contribution is -2.37. The van der Waals surface area contributed by atoms with Crippen LogP contribution in [0.25, 0.3) is 11.1 Å². The minimum Gasteiger partial charge on any atom is -0.324 e. The SMILES string of the molecule is NC1(C(=O)Nc2ccc(-c3ccccc3)cc2)CC1. The van der Waals surface area contributed by atoms with Gasteiger partial charge < -0.3 is 11.1 Å². The summed E-state index contributed by atoms with van der Waals surface area (Å²) >= 11 is 0. The predicted molar refractivity (Wildman–Crippen MR) is 76.7 cm³/mol. The molecule has 3 rings (SSSR count). The van der Waals surface area contributed by atoms with E-state index in [1.807, 2.05) is 42.5 Å². The Kier molecular flexibility index (Phi) is 2.84. The lowest BCUT2D eigenvalue weighted by molar-refractivity contribution is -0.118. The van der Waals surface area contributed by atoms with Crippen LogP contribution in [-0.2, 0) is 4.79 Å². The van der Waals surface area contributed by atoms with Gasteiger partial charge in [0.05, 0.1) is 5.54 Å². The average Bonchev–Trinajstić information content (AvgIpc) is 3.20. The zero-order chi connectivity index (χ0) is 13.3. The minimum absolute atomic E-state index is 0.0834. The van der Waals surface area contributed by atoms with Crippen molar-refractivity contribution in [3.8, 4) is 11.1 Å². The van der Waals surface area contributed by atoms with Crippen LogP contribution in [0.3, 0.4) is 0 Å². The fraction of sp³-hybridized carbons (Fsp3) is 0.188. The number of benzene rings is 2. The number of rotatable bonds is 3. The van der Waals surface area contributed by atoms with E-state index in [-0.39, 0.29) is 5.91 Å². The summed E-state index contributed by atoms with van der Waals surface area (Å²) in [7, 11) is 0. The molecule has 1 aliphatic carbocycles. The fourth-order valence-corrected chi connectivity index (χ4v) is 1.99. The van der Waals surface area contributed by atoms with Crippen molar-refractivity contribution in [3.05, 3.63) is 54.6 Å². The number of hydrogen-bond donors (Lipinski definition) is 2. The van der Waals surface area contributed by atoms with Crippen molar-refractivity contribution in [1.82, 2.24) is 0 Å². The van der Waals surface area contributed by atoms with Crippen molar-refractivity contribution in [3.63, 3.8) is 0 Å². The van der Waals surface area contributed by atoms with E-state index in [0.29, 0.717) is 0 Å². The summed E-state index contributed by atoms with van der Waals surface area (Å²) in [6, 6.07) is 18.0. The predicted octanol–water partition coefficient (Wildman–Crippen LogP) is 2.78. The summed E-state index contributed by atoms with van der Waals surface area (Å²) in [6.07, 6.45) is 1.56. The second-order valence-electron chi connectivity index (χ2n) is 5.05. The van der Waals surface area contributed by atoms with Gasteiger partial charge in [0.2, 0.25) is 5.91 Å². The van der Waals surface area contributed by atoms with Crippen LogP contribution in [0.1, 0.15) is 12.8 Å². The van der Waals surface area contributed by atoms with Gasteiger partial charge >= 0.3 is 0 Å². The van der Waals surface area contributed by atoms with Gasteiger partial charge in [-0.3, -0.25) is 4.79 Å². The monoisotopic (exact) mass is 252 g/mol. The van der Waals surface area contributed by atoms with E-state index >= 15 is 0 Å². The average molecular weight is 252 g/mol. The third kappa shape index (κ3) is 2.51. The Morgan fingerprint density at radius 2 is 1.53 bits per heavy atom. The van der Waals surface area contributed by atoms with Crippen molar-refractivity contribution >= 4 is 11.6 Å². The van der Waals surface area contributed by atoms with Gasteiger partial charge in [-0.25, -0.2) is 0 Å². The maximum atomic E-state index is 11.8. The molecule has 96 valence electrons. The van der Waals surface area contributed by atoms with Crippen LogP contribution >= 0.6 is 0 Å². The van der Waals surface area contributed by atoms with Crippen molar-refractivity contribution in [2.75, 3.05) is 5.32 Å². The minimum atomic E-state index is -0.627. The zero-order valence-corrected chi connectivity index (χ0v) is 10.6. The van der Waals surface area contributed by atoms with Gasteiger partial charge in [0, 0.05) is 5.69 Å². The van der Waals surface area contributed by atoms with E-state index in [9.17, 15) is 4.79 Å². The highest BCUT2D eigenvalue weighted by molar-refractivity contribution is 6.00. The normalized spacial score (nSPS) is 15.8. The van der Waals surface area contributed by atoms with Gasteiger partial charge in [0.1, 0.15) is 0 Å². The summed E-state index contributed by atoms with van der Waals surface area (Å²) in [6.45, 7) is 0. The topological polar surface area (TPSA) is 55.1 Å². The van der Waals surface area contributed by atoms with Gasteiger partial charge in [-0.1, -0.05) is 42.5 Å². The van der Waals surface area contributed by atoms with Crippen LogP contribution in [0.2, 0.25) is 0 Å². The van der Waals surface area contributed by atoms with E-state index in [1.54, 1.807) is 0 Å². The summed E-state index contributed by atoms with van der Waals surface area (Å²) in [5, 5.41) is 2.86. The van der Waals surface area contributed by atoms with Crippen LogP contribution in [0, 0.1) is 0 Å². The Morgan fingerprint density at radius 3 is 2.11 bits per heavy atom. The molecule has 0 bridgehead atoms. The molecule has 1 saturated carbocycles. The lowest BCUT2D eigenvalue weighted by Gasteiger charge is -2.10. The Hall–Kier alpha value is -2.13. The van der Waals surface area contributed by atoms with Gasteiger partial charge in [-0.05, 0) is 36.1 Å². The van der Waals surface area contributed by atoms with Crippen molar-refractivity contribution in [2.45, 2.75) is 18.4 Å². The zero-order valence-electron chi connectivity index (χ0n) is 10.6. The standard InChI is InChI=1S/C16H16N2O/c17-16(10-11-16)15(19)18-14-8-6-13(7-9-14)12-4-2-1-3-5-12/h1-9H,10-11,17H2,(H,18,19). The Morgan fingerprint density at radius 1 is 0.947 bits per heavy atom. The molecule has 19 heavy (non-hydrogen) atoms. The van der Waals surface area contributed by atoms with Gasteiger partial charge in [-0.15, -0.1) is 0 Å².